The molecule has 1 unspecified atom stereocenters. The van der Waals surface area contributed by atoms with Crippen molar-refractivity contribution in [2.45, 2.75) is 32.7 Å². The number of imidazole rings is 1. The Morgan fingerprint density at radius 1 is 1.36 bits per heavy atom. The lowest BCUT2D eigenvalue weighted by Gasteiger charge is -2.10. The monoisotopic (exact) mass is 346 g/mol. The molecule has 2 rings (SSSR count). The highest BCUT2D eigenvalue weighted by atomic mass is 35.5. The number of likely N-dealkylation sites (N-methyl/N-ethyl adjacent to an activating group) is 1. The predicted octanol–water partition coefficient (Wildman–Crippen LogP) is 2.37. The molecule has 1 aromatic heterocycles. The second-order valence-corrected chi connectivity index (χ2v) is 5.15. The lowest BCUT2D eigenvalue weighted by Crippen LogP contribution is -2.37. The van der Waals surface area contributed by atoms with Crippen LogP contribution in [0.15, 0.2) is 18.2 Å². The van der Waals surface area contributed by atoms with E-state index in [0.29, 0.717) is 19.4 Å². The van der Waals surface area contributed by atoms with E-state index in [1.54, 1.807) is 0 Å². The van der Waals surface area contributed by atoms with Crippen LogP contribution in [0.1, 0.15) is 24.7 Å². The summed E-state index contributed by atoms with van der Waals surface area (Å²) < 4.78 is 0. The number of para-hydroxylation sites is 1. The van der Waals surface area contributed by atoms with E-state index in [-0.39, 0.29) is 36.8 Å². The van der Waals surface area contributed by atoms with Gasteiger partial charge < -0.3 is 15.6 Å². The molecule has 0 fully saturated rings. The standard InChI is InChI=1S/C15H22N4O.2ClH/c1-10-5-4-6-12-15(10)19-13(18-12)7-8-14(20)17-9-11(2)16-3;;/h4-6,11,16H,7-9H2,1-3H3,(H,17,20)(H,18,19);2*1H. The van der Waals surface area contributed by atoms with Crippen LogP contribution < -0.4 is 10.6 Å². The minimum Gasteiger partial charge on any atom is -0.355 e. The molecule has 0 aliphatic carbocycles. The lowest BCUT2D eigenvalue weighted by atomic mass is 10.2. The fraction of sp³-hybridized carbons (Fsp3) is 0.467. The minimum absolute atomic E-state index is 0. The van der Waals surface area contributed by atoms with Gasteiger partial charge in [0.15, 0.2) is 0 Å². The van der Waals surface area contributed by atoms with E-state index < -0.39 is 0 Å². The smallest absolute Gasteiger partial charge is 0.220 e. The van der Waals surface area contributed by atoms with Gasteiger partial charge in [0.25, 0.3) is 0 Å². The zero-order chi connectivity index (χ0) is 14.5. The van der Waals surface area contributed by atoms with Crippen molar-refractivity contribution in [1.82, 2.24) is 20.6 Å². The van der Waals surface area contributed by atoms with Crippen molar-refractivity contribution in [2.75, 3.05) is 13.6 Å². The van der Waals surface area contributed by atoms with Crippen LogP contribution in [-0.2, 0) is 11.2 Å². The van der Waals surface area contributed by atoms with E-state index >= 15 is 0 Å². The molecule has 0 spiro atoms. The summed E-state index contributed by atoms with van der Waals surface area (Å²) in [6, 6.07) is 6.34. The molecule has 124 valence electrons. The van der Waals surface area contributed by atoms with E-state index in [0.717, 1.165) is 22.4 Å². The van der Waals surface area contributed by atoms with Gasteiger partial charge in [-0.2, -0.15) is 0 Å². The van der Waals surface area contributed by atoms with Gasteiger partial charge in [-0.05, 0) is 32.5 Å². The summed E-state index contributed by atoms with van der Waals surface area (Å²) in [5, 5.41) is 5.99. The molecule has 2 aromatic rings. The van der Waals surface area contributed by atoms with Crippen molar-refractivity contribution < 1.29 is 4.79 Å². The summed E-state index contributed by atoms with van der Waals surface area (Å²) in [6.07, 6.45) is 1.09. The van der Waals surface area contributed by atoms with Crippen LogP contribution in [0, 0.1) is 6.92 Å². The molecule has 1 heterocycles. The average Bonchev–Trinajstić information content (AvgIpc) is 2.87. The van der Waals surface area contributed by atoms with Gasteiger partial charge in [0.2, 0.25) is 5.91 Å². The number of aromatic nitrogens is 2. The molecular weight excluding hydrogens is 323 g/mol. The number of carbonyl (C=O) groups excluding carboxylic acids is 1. The zero-order valence-corrected chi connectivity index (χ0v) is 14.7. The molecule has 1 amide bonds. The van der Waals surface area contributed by atoms with Crippen molar-refractivity contribution in [3.8, 4) is 0 Å². The number of amides is 1. The summed E-state index contributed by atoms with van der Waals surface area (Å²) in [6.45, 7) is 4.72. The third-order valence-electron chi connectivity index (χ3n) is 3.45. The molecule has 1 aromatic carbocycles. The zero-order valence-electron chi connectivity index (χ0n) is 13.1. The first kappa shape index (κ1) is 20.7. The molecule has 0 bridgehead atoms. The van der Waals surface area contributed by atoms with Gasteiger partial charge in [0.05, 0.1) is 11.0 Å². The molecule has 22 heavy (non-hydrogen) atoms. The van der Waals surface area contributed by atoms with Crippen LogP contribution in [0.3, 0.4) is 0 Å². The molecule has 0 saturated heterocycles. The Balaban J connectivity index is 0.00000220. The lowest BCUT2D eigenvalue weighted by molar-refractivity contribution is -0.121. The van der Waals surface area contributed by atoms with Gasteiger partial charge in [0, 0.05) is 25.4 Å². The van der Waals surface area contributed by atoms with Crippen LogP contribution in [0.25, 0.3) is 11.0 Å². The van der Waals surface area contributed by atoms with Crippen molar-refractivity contribution in [3.63, 3.8) is 0 Å². The third kappa shape index (κ3) is 5.48. The number of rotatable bonds is 6. The van der Waals surface area contributed by atoms with Gasteiger partial charge in [-0.15, -0.1) is 24.8 Å². The summed E-state index contributed by atoms with van der Waals surface area (Å²) >= 11 is 0. The first-order chi connectivity index (χ1) is 9.60. The highest BCUT2D eigenvalue weighted by Crippen LogP contribution is 2.15. The molecule has 0 saturated carbocycles. The fourth-order valence-electron chi connectivity index (χ4n) is 2.03. The SMILES string of the molecule is CNC(C)CNC(=O)CCc1nc2c(C)cccc2[nH]1.Cl.Cl. The Morgan fingerprint density at radius 3 is 2.73 bits per heavy atom. The number of hydrogen-bond acceptors (Lipinski definition) is 3. The number of benzene rings is 1. The number of aromatic amines is 1. The number of halogens is 2. The normalized spacial score (nSPS) is 11.4. The van der Waals surface area contributed by atoms with E-state index in [2.05, 4.69) is 20.6 Å². The minimum atomic E-state index is 0. The number of fused-ring (bicyclic) bond motifs is 1. The maximum absolute atomic E-state index is 11.7. The number of carbonyl (C=O) groups is 1. The Kier molecular flexibility index (Phi) is 9.09. The fourth-order valence-corrected chi connectivity index (χ4v) is 2.03. The maximum Gasteiger partial charge on any atom is 0.220 e. The number of H-pyrrole nitrogens is 1. The highest BCUT2D eigenvalue weighted by Gasteiger charge is 2.08. The molecule has 0 radical (unpaired) electrons. The summed E-state index contributed by atoms with van der Waals surface area (Å²) in [5.41, 5.74) is 3.17. The molecular formula is C15H24Cl2N4O. The first-order valence-corrected chi connectivity index (χ1v) is 6.98. The topological polar surface area (TPSA) is 69.8 Å². The maximum atomic E-state index is 11.7. The number of nitrogens with zero attached hydrogens (tertiary/aromatic N) is 1. The molecule has 0 aliphatic heterocycles. The largest absolute Gasteiger partial charge is 0.355 e. The summed E-state index contributed by atoms with van der Waals surface area (Å²) in [7, 11) is 1.88. The van der Waals surface area contributed by atoms with Gasteiger partial charge in [-0.25, -0.2) is 4.98 Å². The Labute approximate surface area is 143 Å². The molecule has 1 atom stereocenters. The second-order valence-electron chi connectivity index (χ2n) is 5.15. The van der Waals surface area contributed by atoms with E-state index in [1.807, 2.05) is 39.1 Å². The van der Waals surface area contributed by atoms with E-state index in [4.69, 9.17) is 0 Å². The molecule has 3 N–H and O–H groups in total. The Bertz CT molecular complexity index is 600. The Morgan fingerprint density at radius 2 is 2.09 bits per heavy atom. The van der Waals surface area contributed by atoms with Crippen molar-refractivity contribution in [1.29, 1.82) is 0 Å². The van der Waals surface area contributed by atoms with E-state index in [1.165, 1.54) is 0 Å². The van der Waals surface area contributed by atoms with Crippen LogP contribution in [0.2, 0.25) is 0 Å². The van der Waals surface area contributed by atoms with Crippen molar-refractivity contribution in [3.05, 3.63) is 29.6 Å². The summed E-state index contributed by atoms with van der Waals surface area (Å²) in [5.74, 6) is 0.926. The average molecular weight is 347 g/mol. The van der Waals surface area contributed by atoms with Crippen LogP contribution in [-0.4, -0.2) is 35.5 Å². The number of nitrogens with one attached hydrogen (secondary N) is 3. The molecule has 7 heteroatoms. The van der Waals surface area contributed by atoms with Gasteiger partial charge in [-0.1, -0.05) is 12.1 Å². The molecule has 0 aliphatic rings. The van der Waals surface area contributed by atoms with Crippen molar-refractivity contribution in [2.24, 2.45) is 0 Å². The third-order valence-corrected chi connectivity index (χ3v) is 3.45. The van der Waals surface area contributed by atoms with Gasteiger partial charge in [-0.3, -0.25) is 4.79 Å². The highest BCUT2D eigenvalue weighted by molar-refractivity contribution is 5.85. The van der Waals surface area contributed by atoms with Crippen LogP contribution in [0.5, 0.6) is 0 Å². The first-order valence-electron chi connectivity index (χ1n) is 6.98. The number of hydrogen-bond donors (Lipinski definition) is 3. The summed E-state index contributed by atoms with van der Waals surface area (Å²) in [4.78, 5) is 19.6. The quantitative estimate of drug-likeness (QED) is 0.751. The second kappa shape index (κ2) is 9.66. The number of aryl methyl sites for hydroxylation is 2. The van der Waals surface area contributed by atoms with Crippen LogP contribution >= 0.6 is 24.8 Å². The van der Waals surface area contributed by atoms with Crippen LogP contribution in [0.4, 0.5) is 0 Å². The van der Waals surface area contributed by atoms with Gasteiger partial charge in [0.1, 0.15) is 5.82 Å². The van der Waals surface area contributed by atoms with E-state index in [9.17, 15) is 4.79 Å². The van der Waals surface area contributed by atoms with Gasteiger partial charge >= 0.3 is 0 Å². The predicted molar refractivity (Wildman–Crippen MR) is 95.2 cm³/mol. The molecule has 5 nitrogen and oxygen atoms in total. The van der Waals surface area contributed by atoms with Crippen molar-refractivity contribution >= 4 is 41.8 Å². The Hall–Kier alpha value is -1.30.